The lowest BCUT2D eigenvalue weighted by atomic mass is 10.1. The second-order valence-electron chi connectivity index (χ2n) is 3.06. The molecule has 0 N–H and O–H groups in total. The zero-order valence-corrected chi connectivity index (χ0v) is 9.76. The fourth-order valence-corrected chi connectivity index (χ4v) is 1.42. The van der Waals surface area contributed by atoms with E-state index in [2.05, 4.69) is 0 Å². The van der Waals surface area contributed by atoms with Crippen molar-refractivity contribution in [3.05, 3.63) is 41.5 Å². The molecule has 1 aromatic carbocycles. The molecule has 0 spiro atoms. The van der Waals surface area contributed by atoms with Crippen molar-refractivity contribution in [2.24, 2.45) is 0 Å². The minimum atomic E-state index is -0.0482. The zero-order chi connectivity index (χ0) is 11.1. The maximum atomic E-state index is 11.2. The molecule has 0 atom stereocenters. The molecule has 1 nitrogen and oxygen atoms in total. The van der Waals surface area contributed by atoms with Crippen molar-refractivity contribution in [1.29, 1.82) is 0 Å². The monoisotopic (exact) mass is 242 g/mol. The van der Waals surface area contributed by atoms with Gasteiger partial charge in [-0.3, -0.25) is 4.79 Å². The maximum Gasteiger partial charge on any atom is 0.177 e. The van der Waals surface area contributed by atoms with E-state index in [1.165, 1.54) is 0 Å². The van der Waals surface area contributed by atoms with Gasteiger partial charge in [-0.2, -0.15) is 0 Å². The van der Waals surface area contributed by atoms with Crippen molar-refractivity contribution in [1.82, 2.24) is 0 Å². The summed E-state index contributed by atoms with van der Waals surface area (Å²) >= 11 is 11.0. The summed E-state index contributed by atoms with van der Waals surface area (Å²) in [4.78, 5) is 11.2. The molecule has 0 fully saturated rings. The molecule has 15 heavy (non-hydrogen) atoms. The molecule has 0 amide bonds. The molecule has 1 rings (SSSR count). The number of hydrogen-bond donors (Lipinski definition) is 0. The minimum absolute atomic E-state index is 0.0292. The molecule has 0 aromatic heterocycles. The van der Waals surface area contributed by atoms with E-state index in [1.807, 2.05) is 24.3 Å². The Kier molecular flexibility index (Phi) is 5.44. The third-order valence-corrected chi connectivity index (χ3v) is 2.40. The van der Waals surface area contributed by atoms with Crippen LogP contribution in [0.5, 0.6) is 0 Å². The van der Waals surface area contributed by atoms with Crippen molar-refractivity contribution >= 4 is 35.1 Å². The molecule has 0 saturated heterocycles. The molecule has 0 heterocycles. The Hall–Kier alpha value is -0.790. The maximum absolute atomic E-state index is 11.2. The van der Waals surface area contributed by atoms with E-state index in [1.54, 1.807) is 12.1 Å². The van der Waals surface area contributed by atoms with Gasteiger partial charge in [-0.05, 0) is 12.0 Å². The second kappa shape index (κ2) is 6.65. The molecular formula is C12H12Cl2O. The number of benzene rings is 1. The van der Waals surface area contributed by atoms with Crippen molar-refractivity contribution in [2.45, 2.75) is 6.42 Å². The second-order valence-corrected chi connectivity index (χ2v) is 3.70. The van der Waals surface area contributed by atoms with Crippen LogP contribution in [-0.2, 0) is 0 Å². The van der Waals surface area contributed by atoms with Crippen molar-refractivity contribution in [2.75, 3.05) is 11.8 Å². The third-order valence-electron chi connectivity index (χ3n) is 1.94. The number of Topliss-reactive ketones (excluding diaryl/α,β-unsaturated/α-hetero) is 1. The predicted octanol–water partition coefficient (Wildman–Crippen LogP) is 3.75. The topological polar surface area (TPSA) is 17.1 Å². The van der Waals surface area contributed by atoms with E-state index in [0.29, 0.717) is 11.4 Å². The number of rotatable bonds is 5. The van der Waals surface area contributed by atoms with E-state index in [0.717, 1.165) is 12.0 Å². The van der Waals surface area contributed by atoms with E-state index in [4.69, 9.17) is 23.2 Å². The van der Waals surface area contributed by atoms with Gasteiger partial charge in [-0.25, -0.2) is 0 Å². The molecule has 1 aromatic rings. The summed E-state index contributed by atoms with van der Waals surface area (Å²) in [7, 11) is 0. The molecule has 0 aliphatic rings. The largest absolute Gasteiger partial charge is 0.293 e. The van der Waals surface area contributed by atoms with Crippen molar-refractivity contribution < 1.29 is 4.79 Å². The Bertz CT molecular complexity index is 341. The quantitative estimate of drug-likeness (QED) is 0.568. The summed E-state index contributed by atoms with van der Waals surface area (Å²) in [6, 6.07) is 7.35. The van der Waals surface area contributed by atoms with Crippen LogP contribution < -0.4 is 0 Å². The number of carbonyl (C=O) groups excluding carboxylic acids is 1. The van der Waals surface area contributed by atoms with Crippen LogP contribution in [0.1, 0.15) is 22.3 Å². The van der Waals surface area contributed by atoms with E-state index in [-0.39, 0.29) is 11.7 Å². The Morgan fingerprint density at radius 3 is 2.40 bits per heavy atom. The van der Waals surface area contributed by atoms with Gasteiger partial charge in [0.05, 0.1) is 5.88 Å². The van der Waals surface area contributed by atoms with Gasteiger partial charge in [0.15, 0.2) is 5.78 Å². The summed E-state index contributed by atoms with van der Waals surface area (Å²) in [6.07, 6.45) is 4.84. The van der Waals surface area contributed by atoms with Crippen LogP contribution in [0.4, 0.5) is 0 Å². The van der Waals surface area contributed by atoms with Gasteiger partial charge in [0.25, 0.3) is 0 Å². The molecule has 80 valence electrons. The SMILES string of the molecule is O=C(CCl)c1ccc(C=CCCCl)cc1. The smallest absolute Gasteiger partial charge is 0.177 e. The summed E-state index contributed by atoms with van der Waals surface area (Å²) in [6.45, 7) is 0. The van der Waals surface area contributed by atoms with E-state index >= 15 is 0 Å². The van der Waals surface area contributed by atoms with Gasteiger partial charge in [-0.1, -0.05) is 36.4 Å². The molecule has 0 bridgehead atoms. The lowest BCUT2D eigenvalue weighted by Gasteiger charge is -1.97. The van der Waals surface area contributed by atoms with Crippen LogP contribution in [0, 0.1) is 0 Å². The molecule has 0 aliphatic heterocycles. The van der Waals surface area contributed by atoms with Crippen LogP contribution in [0.2, 0.25) is 0 Å². The van der Waals surface area contributed by atoms with Gasteiger partial charge in [0.1, 0.15) is 0 Å². The highest BCUT2D eigenvalue weighted by molar-refractivity contribution is 6.30. The molecule has 0 unspecified atom stereocenters. The first-order chi connectivity index (χ1) is 7.27. The lowest BCUT2D eigenvalue weighted by molar-refractivity contribution is 0.102. The number of allylic oxidation sites excluding steroid dienone is 1. The summed E-state index contributed by atoms with van der Waals surface area (Å²) in [5, 5.41) is 0. The Labute approximate surface area is 99.7 Å². The van der Waals surface area contributed by atoms with Crippen LogP contribution in [-0.4, -0.2) is 17.5 Å². The average molecular weight is 243 g/mol. The highest BCUT2D eigenvalue weighted by Crippen LogP contribution is 2.08. The first-order valence-corrected chi connectivity index (χ1v) is 5.76. The van der Waals surface area contributed by atoms with Gasteiger partial charge < -0.3 is 0 Å². The number of hydrogen-bond acceptors (Lipinski definition) is 1. The highest BCUT2D eigenvalue weighted by Gasteiger charge is 2.01. The molecule has 3 heteroatoms. The van der Waals surface area contributed by atoms with Crippen LogP contribution in [0.25, 0.3) is 6.08 Å². The van der Waals surface area contributed by atoms with Crippen molar-refractivity contribution in [3.63, 3.8) is 0 Å². The number of alkyl halides is 2. The van der Waals surface area contributed by atoms with Gasteiger partial charge in [0.2, 0.25) is 0 Å². The minimum Gasteiger partial charge on any atom is -0.293 e. The summed E-state index contributed by atoms with van der Waals surface area (Å²) in [5.41, 5.74) is 1.71. The van der Waals surface area contributed by atoms with Crippen LogP contribution >= 0.6 is 23.2 Å². The fraction of sp³-hybridized carbons (Fsp3) is 0.250. The fourth-order valence-electron chi connectivity index (χ4n) is 1.14. The van der Waals surface area contributed by atoms with E-state index in [9.17, 15) is 4.79 Å². The highest BCUT2D eigenvalue weighted by atomic mass is 35.5. The summed E-state index contributed by atoms with van der Waals surface area (Å²) in [5.74, 6) is 0.605. The van der Waals surface area contributed by atoms with Crippen molar-refractivity contribution in [3.8, 4) is 0 Å². The predicted molar refractivity (Wildman–Crippen MR) is 65.9 cm³/mol. The molecule has 0 saturated carbocycles. The number of ketones is 1. The molecule has 0 aliphatic carbocycles. The molecular weight excluding hydrogens is 231 g/mol. The lowest BCUT2D eigenvalue weighted by Crippen LogP contribution is -1.99. The average Bonchev–Trinajstić information content (AvgIpc) is 2.29. The Morgan fingerprint density at radius 1 is 1.20 bits per heavy atom. The Balaban J connectivity index is 2.68. The number of carbonyl (C=O) groups is 1. The zero-order valence-electron chi connectivity index (χ0n) is 8.25. The summed E-state index contributed by atoms with van der Waals surface area (Å²) < 4.78 is 0. The number of halogens is 2. The van der Waals surface area contributed by atoms with Gasteiger partial charge >= 0.3 is 0 Å². The third kappa shape index (κ3) is 4.06. The van der Waals surface area contributed by atoms with E-state index < -0.39 is 0 Å². The Morgan fingerprint density at radius 2 is 1.87 bits per heavy atom. The van der Waals surface area contributed by atoms with Crippen LogP contribution in [0.15, 0.2) is 30.3 Å². The van der Waals surface area contributed by atoms with Crippen LogP contribution in [0.3, 0.4) is 0 Å². The van der Waals surface area contributed by atoms with Gasteiger partial charge in [-0.15, -0.1) is 23.2 Å². The van der Waals surface area contributed by atoms with Gasteiger partial charge in [0, 0.05) is 11.4 Å². The molecule has 0 radical (unpaired) electrons. The first-order valence-electron chi connectivity index (χ1n) is 4.69. The normalized spacial score (nSPS) is 10.8. The standard InChI is InChI=1S/C12H12Cl2O/c13-8-2-1-3-10-4-6-11(7-5-10)12(15)9-14/h1,3-7H,2,8-9H2. The first kappa shape index (κ1) is 12.3.